The number of hydrogen-bond acceptors (Lipinski definition) is 4. The molecule has 0 saturated heterocycles. The standard InChI is InChI=1S/C21H16F2N4O3/c1-2-27-9-13(8-25-27)12-3-4-14(24-7-12)10-26-11-15(21(29)30)20(28)18-16(22)5-6-17(23)19(18)26/h3-9,11H,2,10H2,1H3,(H,29,30). The number of halogens is 2. The number of pyridine rings is 2. The minimum atomic E-state index is -1.52. The lowest BCUT2D eigenvalue weighted by Crippen LogP contribution is -2.21. The van der Waals surface area contributed by atoms with E-state index < -0.39 is 34.0 Å². The summed E-state index contributed by atoms with van der Waals surface area (Å²) in [6.07, 6.45) is 6.22. The molecular formula is C21H16F2N4O3. The third-order valence-corrected chi connectivity index (χ3v) is 4.80. The van der Waals surface area contributed by atoms with E-state index in [9.17, 15) is 23.5 Å². The van der Waals surface area contributed by atoms with Crippen LogP contribution in [-0.2, 0) is 13.1 Å². The Balaban J connectivity index is 1.78. The van der Waals surface area contributed by atoms with Crippen molar-refractivity contribution in [2.75, 3.05) is 0 Å². The second-order valence-corrected chi connectivity index (χ2v) is 6.68. The number of aryl methyl sites for hydroxylation is 1. The van der Waals surface area contributed by atoms with Gasteiger partial charge in [-0.2, -0.15) is 5.10 Å². The van der Waals surface area contributed by atoms with Gasteiger partial charge in [-0.1, -0.05) is 6.07 Å². The summed E-state index contributed by atoms with van der Waals surface area (Å²) in [7, 11) is 0. The second-order valence-electron chi connectivity index (χ2n) is 6.68. The smallest absolute Gasteiger partial charge is 0.341 e. The van der Waals surface area contributed by atoms with E-state index in [0.717, 1.165) is 36.0 Å². The number of aromatic nitrogens is 4. The summed E-state index contributed by atoms with van der Waals surface area (Å²) < 4.78 is 31.7. The number of hydrogen-bond donors (Lipinski definition) is 1. The molecule has 152 valence electrons. The van der Waals surface area contributed by atoms with E-state index in [2.05, 4.69) is 10.1 Å². The fourth-order valence-corrected chi connectivity index (χ4v) is 3.28. The highest BCUT2D eigenvalue weighted by molar-refractivity contribution is 5.93. The van der Waals surface area contributed by atoms with Crippen LogP contribution in [-0.4, -0.2) is 30.4 Å². The van der Waals surface area contributed by atoms with Gasteiger partial charge in [0.25, 0.3) is 0 Å². The molecule has 0 saturated carbocycles. The van der Waals surface area contributed by atoms with Crippen LogP contribution in [0.4, 0.5) is 8.78 Å². The minimum absolute atomic E-state index is 0.0497. The van der Waals surface area contributed by atoms with Crippen molar-refractivity contribution in [1.82, 2.24) is 19.3 Å². The summed E-state index contributed by atoms with van der Waals surface area (Å²) in [5.41, 5.74) is 0.168. The van der Waals surface area contributed by atoms with Crippen molar-refractivity contribution >= 4 is 16.9 Å². The number of carboxylic acids is 1. The Labute approximate surface area is 168 Å². The fraction of sp³-hybridized carbons (Fsp3) is 0.143. The second kappa shape index (κ2) is 7.51. The Hall–Kier alpha value is -3.88. The zero-order valence-electron chi connectivity index (χ0n) is 15.8. The number of carbonyl (C=O) groups is 1. The van der Waals surface area contributed by atoms with Crippen LogP contribution in [0.25, 0.3) is 22.0 Å². The maximum Gasteiger partial charge on any atom is 0.341 e. The van der Waals surface area contributed by atoms with Crippen molar-refractivity contribution in [3.63, 3.8) is 0 Å². The normalized spacial score (nSPS) is 11.2. The highest BCUT2D eigenvalue weighted by Crippen LogP contribution is 2.22. The van der Waals surface area contributed by atoms with Gasteiger partial charge in [0.15, 0.2) is 0 Å². The molecule has 0 bridgehead atoms. The third kappa shape index (κ3) is 3.34. The summed E-state index contributed by atoms with van der Waals surface area (Å²) in [4.78, 5) is 28.1. The molecule has 3 heterocycles. The molecule has 0 amide bonds. The van der Waals surface area contributed by atoms with Crippen LogP contribution in [0.1, 0.15) is 23.0 Å². The van der Waals surface area contributed by atoms with E-state index in [0.29, 0.717) is 5.69 Å². The Kier molecular flexibility index (Phi) is 4.86. The van der Waals surface area contributed by atoms with Crippen molar-refractivity contribution in [1.29, 1.82) is 0 Å². The summed E-state index contributed by atoms with van der Waals surface area (Å²) >= 11 is 0. The van der Waals surface area contributed by atoms with Gasteiger partial charge in [-0.05, 0) is 25.1 Å². The predicted octanol–water partition coefficient (Wildman–Crippen LogP) is 3.30. The summed E-state index contributed by atoms with van der Waals surface area (Å²) in [6.45, 7) is 2.66. The van der Waals surface area contributed by atoms with Gasteiger partial charge in [0.2, 0.25) is 5.43 Å². The van der Waals surface area contributed by atoms with E-state index in [1.54, 1.807) is 29.2 Å². The maximum absolute atomic E-state index is 14.5. The Morgan fingerprint density at radius 1 is 1.07 bits per heavy atom. The predicted molar refractivity (Wildman–Crippen MR) is 105 cm³/mol. The number of rotatable bonds is 5. The molecule has 9 heteroatoms. The number of carboxylic acid groups (broad SMARTS) is 1. The van der Waals surface area contributed by atoms with Crippen LogP contribution in [0.5, 0.6) is 0 Å². The topological polar surface area (TPSA) is 90.0 Å². The van der Waals surface area contributed by atoms with E-state index >= 15 is 0 Å². The number of nitrogens with zero attached hydrogens (tertiary/aromatic N) is 4. The van der Waals surface area contributed by atoms with Gasteiger partial charge >= 0.3 is 5.97 Å². The summed E-state index contributed by atoms with van der Waals surface area (Å²) in [5, 5.41) is 12.9. The van der Waals surface area contributed by atoms with Crippen molar-refractivity contribution in [3.8, 4) is 11.1 Å². The molecule has 3 aromatic heterocycles. The molecule has 7 nitrogen and oxygen atoms in total. The van der Waals surface area contributed by atoms with Gasteiger partial charge in [-0.25, -0.2) is 13.6 Å². The van der Waals surface area contributed by atoms with Crippen LogP contribution < -0.4 is 5.43 Å². The van der Waals surface area contributed by atoms with Gasteiger partial charge < -0.3 is 9.67 Å². The van der Waals surface area contributed by atoms with Crippen molar-refractivity contribution < 1.29 is 18.7 Å². The molecule has 0 atom stereocenters. The Morgan fingerprint density at radius 3 is 2.47 bits per heavy atom. The average Bonchev–Trinajstić information content (AvgIpc) is 3.21. The fourth-order valence-electron chi connectivity index (χ4n) is 3.28. The van der Waals surface area contributed by atoms with Crippen LogP contribution >= 0.6 is 0 Å². The Morgan fingerprint density at radius 2 is 1.83 bits per heavy atom. The first-order valence-corrected chi connectivity index (χ1v) is 9.11. The molecule has 0 unspecified atom stereocenters. The average molecular weight is 410 g/mol. The van der Waals surface area contributed by atoms with Gasteiger partial charge in [0.05, 0.1) is 29.3 Å². The highest BCUT2D eigenvalue weighted by Gasteiger charge is 2.20. The van der Waals surface area contributed by atoms with Crippen LogP contribution in [0.3, 0.4) is 0 Å². The monoisotopic (exact) mass is 410 g/mol. The largest absolute Gasteiger partial charge is 0.477 e. The maximum atomic E-state index is 14.5. The number of benzene rings is 1. The van der Waals surface area contributed by atoms with Gasteiger partial charge in [-0.15, -0.1) is 0 Å². The SMILES string of the molecule is CCn1cc(-c2ccc(Cn3cc(C(=O)O)c(=O)c4c(F)ccc(F)c43)nc2)cn1. The number of fused-ring (bicyclic) bond motifs is 1. The van der Waals surface area contributed by atoms with Crippen LogP contribution in [0.2, 0.25) is 0 Å². The first kappa shape index (κ1) is 19.4. The first-order valence-electron chi connectivity index (χ1n) is 9.11. The molecule has 4 rings (SSSR count). The van der Waals surface area contributed by atoms with E-state index in [4.69, 9.17) is 0 Å². The molecule has 0 aliphatic heterocycles. The molecular weight excluding hydrogens is 394 g/mol. The van der Waals surface area contributed by atoms with Gasteiger partial charge in [-0.3, -0.25) is 14.5 Å². The van der Waals surface area contributed by atoms with Gasteiger partial charge in [0, 0.05) is 36.3 Å². The highest BCUT2D eigenvalue weighted by atomic mass is 19.1. The van der Waals surface area contributed by atoms with Gasteiger partial charge in [0.1, 0.15) is 17.2 Å². The molecule has 30 heavy (non-hydrogen) atoms. The third-order valence-electron chi connectivity index (χ3n) is 4.80. The molecule has 0 aliphatic rings. The number of aromatic carboxylic acids is 1. The molecule has 1 aromatic carbocycles. The first-order chi connectivity index (χ1) is 14.4. The molecule has 1 N–H and O–H groups in total. The van der Waals surface area contributed by atoms with E-state index in [1.807, 2.05) is 13.1 Å². The summed E-state index contributed by atoms with van der Waals surface area (Å²) in [5.74, 6) is -3.33. The molecule has 0 aliphatic carbocycles. The Bertz CT molecular complexity index is 1330. The van der Waals surface area contributed by atoms with E-state index in [1.165, 1.54) is 4.57 Å². The lowest BCUT2D eigenvalue weighted by Gasteiger charge is -2.13. The zero-order chi connectivity index (χ0) is 21.4. The molecule has 0 fully saturated rings. The molecule has 4 aromatic rings. The van der Waals surface area contributed by atoms with Crippen LogP contribution in [0.15, 0.2) is 53.8 Å². The van der Waals surface area contributed by atoms with E-state index in [-0.39, 0.29) is 12.1 Å². The van der Waals surface area contributed by atoms with Crippen molar-refractivity contribution in [2.24, 2.45) is 0 Å². The lowest BCUT2D eigenvalue weighted by atomic mass is 10.1. The van der Waals surface area contributed by atoms with Crippen LogP contribution in [0, 0.1) is 11.6 Å². The molecule has 0 radical (unpaired) electrons. The quantitative estimate of drug-likeness (QED) is 0.545. The summed E-state index contributed by atoms with van der Waals surface area (Å²) in [6, 6.07) is 5.20. The minimum Gasteiger partial charge on any atom is -0.477 e. The molecule has 0 spiro atoms. The lowest BCUT2D eigenvalue weighted by molar-refractivity contribution is 0.0695. The van der Waals surface area contributed by atoms with Crippen molar-refractivity contribution in [2.45, 2.75) is 20.0 Å². The van der Waals surface area contributed by atoms with Crippen molar-refractivity contribution in [3.05, 3.63) is 82.2 Å². The zero-order valence-corrected chi connectivity index (χ0v) is 15.8.